The van der Waals surface area contributed by atoms with Crippen LogP contribution in [-0.2, 0) is 30.3 Å². The highest BCUT2D eigenvalue weighted by molar-refractivity contribution is 5.75. The van der Waals surface area contributed by atoms with Crippen LogP contribution in [-0.4, -0.2) is 38.2 Å². The van der Waals surface area contributed by atoms with Gasteiger partial charge in [-0.15, -0.1) is 0 Å². The molecule has 5 nitrogen and oxygen atoms in total. The quantitative estimate of drug-likeness (QED) is 0.569. The Labute approximate surface area is 124 Å². The molecule has 0 saturated carbocycles. The van der Waals surface area contributed by atoms with Crippen molar-refractivity contribution in [1.82, 2.24) is 0 Å². The van der Waals surface area contributed by atoms with E-state index in [-0.39, 0.29) is 12.7 Å². The Bertz CT molecular complexity index is 459. The second-order valence-electron chi connectivity index (χ2n) is 4.72. The van der Waals surface area contributed by atoms with Crippen LogP contribution in [0.3, 0.4) is 0 Å². The first kappa shape index (κ1) is 15.7. The van der Waals surface area contributed by atoms with Crippen LogP contribution in [0.2, 0.25) is 0 Å². The minimum Gasteiger partial charge on any atom is -0.460 e. The molecule has 0 aliphatic carbocycles. The number of methoxy groups -OCH3 is 1. The van der Waals surface area contributed by atoms with Crippen molar-refractivity contribution in [2.75, 3.05) is 13.7 Å². The zero-order valence-electron chi connectivity index (χ0n) is 12.1. The Hall–Kier alpha value is -1.69. The molecule has 0 spiro atoms. The monoisotopic (exact) mass is 292 g/mol. The van der Waals surface area contributed by atoms with Gasteiger partial charge in [-0.25, -0.2) is 4.79 Å². The van der Waals surface area contributed by atoms with E-state index in [1.54, 1.807) is 0 Å². The van der Waals surface area contributed by atoms with Crippen molar-refractivity contribution in [2.45, 2.75) is 31.5 Å². The molecular weight excluding hydrogens is 272 g/mol. The molecule has 1 fully saturated rings. The molecular formula is C16H20O5. The summed E-state index contributed by atoms with van der Waals surface area (Å²) in [6.45, 7) is 4.12. The molecule has 0 bridgehead atoms. The molecule has 2 rings (SSSR count). The molecule has 1 heterocycles. The van der Waals surface area contributed by atoms with Crippen molar-refractivity contribution in [3.8, 4) is 0 Å². The average Bonchev–Trinajstić information content (AvgIpc) is 2.95. The maximum Gasteiger partial charge on any atom is 0.335 e. The summed E-state index contributed by atoms with van der Waals surface area (Å²) in [5.41, 5.74) is 1.06. The molecule has 1 aliphatic rings. The van der Waals surface area contributed by atoms with E-state index >= 15 is 0 Å². The number of carbonyl (C=O) groups is 1. The number of benzene rings is 1. The smallest absolute Gasteiger partial charge is 0.335 e. The predicted molar refractivity (Wildman–Crippen MR) is 76.5 cm³/mol. The molecule has 114 valence electrons. The van der Waals surface area contributed by atoms with Gasteiger partial charge in [0.1, 0.15) is 12.7 Å². The van der Waals surface area contributed by atoms with Gasteiger partial charge in [0.15, 0.2) is 12.4 Å². The van der Waals surface area contributed by atoms with E-state index in [4.69, 9.17) is 18.9 Å². The van der Waals surface area contributed by atoms with E-state index in [0.29, 0.717) is 13.0 Å². The summed E-state index contributed by atoms with van der Waals surface area (Å²) in [6, 6.07) is 9.81. The second kappa shape index (κ2) is 7.93. The van der Waals surface area contributed by atoms with Crippen LogP contribution in [0.4, 0.5) is 0 Å². The van der Waals surface area contributed by atoms with Crippen LogP contribution < -0.4 is 0 Å². The fourth-order valence-corrected chi connectivity index (χ4v) is 2.14. The molecule has 1 aromatic carbocycles. The van der Waals surface area contributed by atoms with Gasteiger partial charge in [-0.2, -0.15) is 0 Å². The number of hydrogen-bond acceptors (Lipinski definition) is 5. The summed E-state index contributed by atoms with van der Waals surface area (Å²) >= 11 is 0. The SMILES string of the molecule is C=CCOC(=O)[C@@H]1C[C@H](OCc2ccccc2)[C@H](OC)O1. The van der Waals surface area contributed by atoms with Gasteiger partial charge in [-0.1, -0.05) is 43.0 Å². The van der Waals surface area contributed by atoms with E-state index < -0.39 is 18.4 Å². The Balaban J connectivity index is 1.87. The number of rotatable bonds is 7. The zero-order valence-corrected chi connectivity index (χ0v) is 12.1. The summed E-state index contributed by atoms with van der Waals surface area (Å²) in [5, 5.41) is 0. The lowest BCUT2D eigenvalue weighted by atomic mass is 10.2. The first-order chi connectivity index (χ1) is 10.2. The third kappa shape index (κ3) is 4.39. The topological polar surface area (TPSA) is 54.0 Å². The van der Waals surface area contributed by atoms with Crippen LogP contribution in [0.15, 0.2) is 43.0 Å². The fourth-order valence-electron chi connectivity index (χ4n) is 2.14. The van der Waals surface area contributed by atoms with Crippen LogP contribution in [0.1, 0.15) is 12.0 Å². The standard InChI is InChI=1S/C16H20O5/c1-3-9-19-15(17)13-10-14(16(18-2)21-13)20-11-12-7-5-4-6-8-12/h3-8,13-14,16H,1,9-11H2,2H3/t13-,14-,16+/m0/s1. The van der Waals surface area contributed by atoms with Gasteiger partial charge in [0, 0.05) is 13.5 Å². The number of carbonyl (C=O) groups excluding carboxylic acids is 1. The average molecular weight is 292 g/mol. The van der Waals surface area contributed by atoms with Crippen molar-refractivity contribution in [2.24, 2.45) is 0 Å². The molecule has 0 aromatic heterocycles. The third-order valence-corrected chi connectivity index (χ3v) is 3.19. The Morgan fingerprint density at radius 3 is 2.86 bits per heavy atom. The molecule has 0 N–H and O–H groups in total. The number of esters is 1. The van der Waals surface area contributed by atoms with Gasteiger partial charge < -0.3 is 18.9 Å². The zero-order chi connectivity index (χ0) is 15.1. The first-order valence-corrected chi connectivity index (χ1v) is 6.86. The molecule has 1 aromatic rings. The maximum atomic E-state index is 11.8. The summed E-state index contributed by atoms with van der Waals surface area (Å²) in [5.74, 6) is -0.414. The van der Waals surface area contributed by atoms with Gasteiger partial charge in [0.2, 0.25) is 0 Å². The minimum atomic E-state index is -0.657. The first-order valence-electron chi connectivity index (χ1n) is 6.86. The van der Waals surface area contributed by atoms with Crippen molar-refractivity contribution in [3.63, 3.8) is 0 Å². The summed E-state index contributed by atoms with van der Waals surface area (Å²) < 4.78 is 21.5. The molecule has 0 unspecified atom stereocenters. The van der Waals surface area contributed by atoms with Crippen molar-refractivity contribution in [3.05, 3.63) is 48.6 Å². The fraction of sp³-hybridized carbons (Fsp3) is 0.438. The number of ether oxygens (including phenoxy) is 4. The highest BCUT2D eigenvalue weighted by atomic mass is 16.7. The van der Waals surface area contributed by atoms with Crippen LogP contribution in [0.25, 0.3) is 0 Å². The van der Waals surface area contributed by atoms with Crippen LogP contribution in [0.5, 0.6) is 0 Å². The largest absolute Gasteiger partial charge is 0.460 e. The summed E-state index contributed by atoms with van der Waals surface area (Å²) in [6.07, 6.45) is 0.424. The normalized spacial score (nSPS) is 24.7. The predicted octanol–water partition coefficient (Wildman–Crippen LogP) is 2.06. The summed E-state index contributed by atoms with van der Waals surface area (Å²) in [4.78, 5) is 11.8. The van der Waals surface area contributed by atoms with Gasteiger partial charge in [0.05, 0.1) is 6.61 Å². The van der Waals surface area contributed by atoms with Crippen LogP contribution in [0, 0.1) is 0 Å². The van der Waals surface area contributed by atoms with Crippen molar-refractivity contribution < 1.29 is 23.7 Å². The van der Waals surface area contributed by atoms with Gasteiger partial charge >= 0.3 is 5.97 Å². The Morgan fingerprint density at radius 1 is 1.43 bits per heavy atom. The lowest BCUT2D eigenvalue weighted by molar-refractivity contribution is -0.180. The molecule has 21 heavy (non-hydrogen) atoms. The molecule has 1 saturated heterocycles. The molecule has 3 atom stereocenters. The lowest BCUT2D eigenvalue weighted by Gasteiger charge is -2.17. The van der Waals surface area contributed by atoms with Gasteiger partial charge in [-0.3, -0.25) is 0 Å². The lowest BCUT2D eigenvalue weighted by Crippen LogP contribution is -2.26. The molecule has 1 aliphatic heterocycles. The Kier molecular flexibility index (Phi) is 5.92. The van der Waals surface area contributed by atoms with E-state index in [0.717, 1.165) is 5.56 Å². The third-order valence-electron chi connectivity index (χ3n) is 3.19. The van der Waals surface area contributed by atoms with E-state index in [2.05, 4.69) is 6.58 Å². The maximum absolute atomic E-state index is 11.8. The molecule has 5 heteroatoms. The minimum absolute atomic E-state index is 0.173. The highest BCUT2D eigenvalue weighted by Gasteiger charge is 2.40. The van der Waals surface area contributed by atoms with Crippen LogP contribution >= 0.6 is 0 Å². The summed E-state index contributed by atoms with van der Waals surface area (Å²) in [7, 11) is 1.53. The molecule has 0 radical (unpaired) electrons. The van der Waals surface area contributed by atoms with Crippen molar-refractivity contribution in [1.29, 1.82) is 0 Å². The van der Waals surface area contributed by atoms with E-state index in [1.807, 2.05) is 30.3 Å². The van der Waals surface area contributed by atoms with E-state index in [1.165, 1.54) is 13.2 Å². The number of hydrogen-bond donors (Lipinski definition) is 0. The van der Waals surface area contributed by atoms with Crippen molar-refractivity contribution >= 4 is 5.97 Å². The van der Waals surface area contributed by atoms with Gasteiger partial charge in [-0.05, 0) is 5.56 Å². The Morgan fingerprint density at radius 2 is 2.19 bits per heavy atom. The van der Waals surface area contributed by atoms with E-state index in [9.17, 15) is 4.79 Å². The second-order valence-corrected chi connectivity index (χ2v) is 4.72. The highest BCUT2D eigenvalue weighted by Crippen LogP contribution is 2.25. The van der Waals surface area contributed by atoms with Gasteiger partial charge in [0.25, 0.3) is 0 Å². The molecule has 0 amide bonds.